The van der Waals surface area contributed by atoms with Crippen LogP contribution in [0.2, 0.25) is 0 Å². The van der Waals surface area contributed by atoms with Gasteiger partial charge in [-0.1, -0.05) is 42.5 Å². The summed E-state index contributed by atoms with van der Waals surface area (Å²) in [7, 11) is 1.93. The monoisotopic (exact) mass is 519 g/mol. The van der Waals surface area contributed by atoms with E-state index in [4.69, 9.17) is 5.26 Å². The van der Waals surface area contributed by atoms with Crippen LogP contribution in [0.5, 0.6) is 0 Å². The van der Waals surface area contributed by atoms with E-state index < -0.39 is 0 Å². The third-order valence-corrected chi connectivity index (χ3v) is 7.36. The molecular formula is C31H33N7O. The van der Waals surface area contributed by atoms with Gasteiger partial charge in [0.15, 0.2) is 0 Å². The Balaban J connectivity index is 1.25. The van der Waals surface area contributed by atoms with Crippen LogP contribution in [-0.2, 0) is 13.6 Å². The molecule has 0 unspecified atom stereocenters. The molecule has 0 saturated heterocycles. The Bertz CT molecular complexity index is 1400. The maximum absolute atomic E-state index is 13.5. The van der Waals surface area contributed by atoms with Crippen LogP contribution < -0.4 is 15.5 Å². The molecule has 0 atom stereocenters. The molecule has 2 aromatic carbocycles. The van der Waals surface area contributed by atoms with Gasteiger partial charge in [0.1, 0.15) is 11.9 Å². The van der Waals surface area contributed by atoms with E-state index in [1.807, 2.05) is 71.2 Å². The first kappa shape index (κ1) is 26.0. The minimum absolute atomic E-state index is 0.0887. The highest BCUT2D eigenvalue weighted by atomic mass is 16.2. The van der Waals surface area contributed by atoms with Crippen LogP contribution in [0.4, 0.5) is 16.3 Å². The number of nitrogens with zero attached hydrogens (tertiary/aromatic N) is 5. The van der Waals surface area contributed by atoms with Crippen molar-refractivity contribution in [2.75, 3.05) is 16.8 Å². The van der Waals surface area contributed by atoms with Crippen molar-refractivity contribution in [3.05, 3.63) is 96.3 Å². The number of hydrogen-bond acceptors (Lipinski definition) is 5. The molecule has 0 radical (unpaired) electrons. The lowest BCUT2D eigenvalue weighted by atomic mass is 9.85. The smallest absolute Gasteiger partial charge is 0.322 e. The molecule has 2 aromatic heterocycles. The number of benzene rings is 2. The van der Waals surface area contributed by atoms with E-state index in [0.717, 1.165) is 54.0 Å². The van der Waals surface area contributed by atoms with Gasteiger partial charge >= 0.3 is 6.03 Å². The van der Waals surface area contributed by atoms with E-state index in [-0.39, 0.29) is 6.03 Å². The zero-order valence-electron chi connectivity index (χ0n) is 22.1. The largest absolute Gasteiger partial charge is 0.367 e. The standard InChI is InChI=1S/C31H33N7O/c1-37-29(17-18-35-37)26-10-14-28(15-11-26)38(31(39)34-20-23-5-3-2-4-6-23)22-24-7-12-27(13-8-24)36-30-16-9-25(19-32)21-33-30/h2-6,9-11,14-18,21,24,27H,7-8,12-13,20,22H2,1H3,(H,33,36)(H,34,39). The van der Waals surface area contributed by atoms with Crippen LogP contribution >= 0.6 is 0 Å². The summed E-state index contributed by atoms with van der Waals surface area (Å²) in [6.07, 6.45) is 7.43. The number of amides is 2. The summed E-state index contributed by atoms with van der Waals surface area (Å²) < 4.78 is 1.85. The summed E-state index contributed by atoms with van der Waals surface area (Å²) >= 11 is 0. The van der Waals surface area contributed by atoms with E-state index in [1.54, 1.807) is 18.5 Å². The van der Waals surface area contributed by atoms with E-state index in [2.05, 4.69) is 38.9 Å². The van der Waals surface area contributed by atoms with Gasteiger partial charge in [0, 0.05) is 44.3 Å². The van der Waals surface area contributed by atoms with E-state index in [1.165, 1.54) is 0 Å². The van der Waals surface area contributed by atoms with Gasteiger partial charge in [-0.2, -0.15) is 10.4 Å². The van der Waals surface area contributed by atoms with Crippen molar-refractivity contribution in [3.63, 3.8) is 0 Å². The second kappa shape index (κ2) is 12.3. The third kappa shape index (κ3) is 6.63. The normalized spacial score (nSPS) is 16.7. The highest BCUT2D eigenvalue weighted by molar-refractivity contribution is 5.92. The van der Waals surface area contributed by atoms with E-state index >= 15 is 0 Å². The summed E-state index contributed by atoms with van der Waals surface area (Å²) in [4.78, 5) is 19.7. The lowest BCUT2D eigenvalue weighted by Crippen LogP contribution is -2.43. The van der Waals surface area contributed by atoms with Gasteiger partial charge in [0.2, 0.25) is 0 Å². The van der Waals surface area contributed by atoms with Gasteiger partial charge in [0.25, 0.3) is 0 Å². The van der Waals surface area contributed by atoms with Crippen LogP contribution in [0.1, 0.15) is 36.8 Å². The van der Waals surface area contributed by atoms with Crippen molar-refractivity contribution in [3.8, 4) is 17.3 Å². The molecule has 2 N–H and O–H groups in total. The number of aromatic nitrogens is 3. The lowest BCUT2D eigenvalue weighted by Gasteiger charge is -2.33. The number of rotatable bonds is 8. The fraction of sp³-hybridized carbons (Fsp3) is 0.290. The van der Waals surface area contributed by atoms with Crippen LogP contribution in [0.25, 0.3) is 11.3 Å². The Labute approximate surface area is 229 Å². The van der Waals surface area contributed by atoms with Gasteiger partial charge in [0.05, 0.1) is 11.3 Å². The maximum Gasteiger partial charge on any atom is 0.322 e. The molecule has 1 fully saturated rings. The second-order valence-corrected chi connectivity index (χ2v) is 10.0. The average Bonchev–Trinajstić information content (AvgIpc) is 3.42. The first-order valence-corrected chi connectivity index (χ1v) is 13.4. The minimum Gasteiger partial charge on any atom is -0.367 e. The highest BCUT2D eigenvalue weighted by Crippen LogP contribution is 2.30. The number of nitrogens with one attached hydrogen (secondary N) is 2. The topological polar surface area (TPSA) is 98.9 Å². The molecule has 5 rings (SSSR count). The van der Waals surface area contributed by atoms with Crippen LogP contribution in [0.15, 0.2) is 85.2 Å². The van der Waals surface area contributed by atoms with Gasteiger partial charge in [-0.3, -0.25) is 9.58 Å². The predicted molar refractivity (Wildman–Crippen MR) is 153 cm³/mol. The molecule has 1 aliphatic carbocycles. The molecule has 8 heteroatoms. The quantitative estimate of drug-likeness (QED) is 0.309. The Morgan fingerprint density at radius 1 is 1.03 bits per heavy atom. The van der Waals surface area contributed by atoms with Crippen LogP contribution in [0, 0.1) is 17.2 Å². The van der Waals surface area contributed by atoms with E-state index in [0.29, 0.717) is 30.6 Å². The molecule has 4 aromatic rings. The Morgan fingerprint density at radius 3 is 2.44 bits per heavy atom. The lowest BCUT2D eigenvalue weighted by molar-refractivity contribution is 0.242. The number of carbonyl (C=O) groups excluding carboxylic acids is 1. The molecule has 0 spiro atoms. The molecule has 39 heavy (non-hydrogen) atoms. The number of aryl methyl sites for hydroxylation is 1. The number of hydrogen-bond donors (Lipinski definition) is 2. The number of carbonyl (C=O) groups is 1. The highest BCUT2D eigenvalue weighted by Gasteiger charge is 2.26. The van der Waals surface area contributed by atoms with E-state index in [9.17, 15) is 4.79 Å². The molecule has 0 aliphatic heterocycles. The zero-order valence-corrected chi connectivity index (χ0v) is 22.1. The Morgan fingerprint density at radius 2 is 1.79 bits per heavy atom. The fourth-order valence-corrected chi connectivity index (χ4v) is 5.15. The molecule has 8 nitrogen and oxygen atoms in total. The third-order valence-electron chi connectivity index (χ3n) is 7.36. The van der Waals surface area contributed by atoms with Crippen molar-refractivity contribution < 1.29 is 4.79 Å². The van der Waals surface area contributed by atoms with Crippen molar-refractivity contribution in [1.29, 1.82) is 5.26 Å². The number of nitriles is 1. The Kier molecular flexibility index (Phi) is 8.18. The van der Waals surface area contributed by atoms with Gasteiger partial charge < -0.3 is 10.6 Å². The van der Waals surface area contributed by atoms with Gasteiger partial charge in [-0.05, 0) is 73.1 Å². The molecule has 1 saturated carbocycles. The van der Waals surface area contributed by atoms with Crippen LogP contribution in [-0.4, -0.2) is 33.4 Å². The zero-order chi connectivity index (χ0) is 27.0. The predicted octanol–water partition coefficient (Wildman–Crippen LogP) is 5.74. The molecular weight excluding hydrogens is 486 g/mol. The fourth-order valence-electron chi connectivity index (χ4n) is 5.15. The average molecular weight is 520 g/mol. The molecule has 1 aliphatic rings. The van der Waals surface area contributed by atoms with Gasteiger partial charge in [-0.25, -0.2) is 9.78 Å². The first-order valence-electron chi connectivity index (χ1n) is 13.4. The first-order chi connectivity index (χ1) is 19.1. The Hall–Kier alpha value is -4.64. The number of anilines is 2. The maximum atomic E-state index is 13.5. The van der Waals surface area contributed by atoms with Crippen molar-refractivity contribution in [2.45, 2.75) is 38.3 Å². The van der Waals surface area contributed by atoms with Crippen molar-refractivity contribution in [2.24, 2.45) is 13.0 Å². The van der Waals surface area contributed by atoms with Crippen LogP contribution in [0.3, 0.4) is 0 Å². The second-order valence-electron chi connectivity index (χ2n) is 10.0. The molecule has 2 amide bonds. The summed E-state index contributed by atoms with van der Waals surface area (Å²) in [5, 5.41) is 19.9. The SMILES string of the molecule is Cn1nccc1-c1ccc(N(CC2CCC(Nc3ccc(C#N)cn3)CC2)C(=O)NCc2ccccc2)cc1. The molecule has 198 valence electrons. The minimum atomic E-state index is -0.0887. The molecule has 2 heterocycles. The molecule has 0 bridgehead atoms. The number of pyridine rings is 1. The summed E-state index contributed by atoms with van der Waals surface area (Å²) in [6.45, 7) is 1.14. The van der Waals surface area contributed by atoms with Gasteiger partial charge in [-0.15, -0.1) is 0 Å². The number of urea groups is 1. The van der Waals surface area contributed by atoms with Crippen molar-refractivity contribution in [1.82, 2.24) is 20.1 Å². The summed E-state index contributed by atoms with van der Waals surface area (Å²) in [5.74, 6) is 1.20. The van der Waals surface area contributed by atoms with Crippen molar-refractivity contribution >= 4 is 17.5 Å². The summed E-state index contributed by atoms with van der Waals surface area (Å²) in [6, 6.07) is 26.1. The summed E-state index contributed by atoms with van der Waals surface area (Å²) in [5.41, 5.74) is 4.60.